The third kappa shape index (κ3) is 3.65. The highest BCUT2D eigenvalue weighted by atomic mass is 32.2. The van der Waals surface area contributed by atoms with E-state index in [1.165, 1.54) is 16.9 Å². The van der Waals surface area contributed by atoms with Gasteiger partial charge in [0.25, 0.3) is 10.0 Å². The first kappa shape index (κ1) is 20.3. The molecule has 3 aromatic carbocycles. The Morgan fingerprint density at radius 1 is 1.10 bits per heavy atom. The second-order valence-corrected chi connectivity index (χ2v) is 8.28. The van der Waals surface area contributed by atoms with Crippen LogP contribution in [0.15, 0.2) is 71.8 Å². The van der Waals surface area contributed by atoms with Gasteiger partial charge < -0.3 is 10.5 Å². The molecule has 0 aliphatic carbocycles. The third-order valence-electron chi connectivity index (χ3n) is 4.74. The highest BCUT2D eigenvalue weighted by molar-refractivity contribution is 7.93. The van der Waals surface area contributed by atoms with E-state index in [9.17, 15) is 8.42 Å². The summed E-state index contributed by atoms with van der Waals surface area (Å²) in [5, 5.41) is 14.5. The molecule has 1 aromatic heterocycles. The molecule has 4 aromatic rings. The van der Waals surface area contributed by atoms with Gasteiger partial charge in [-0.2, -0.15) is 10.4 Å². The highest BCUT2D eigenvalue weighted by Crippen LogP contribution is 2.33. The molecule has 8 nitrogen and oxygen atoms in total. The summed E-state index contributed by atoms with van der Waals surface area (Å²) in [4.78, 5) is 0.118. The van der Waals surface area contributed by atoms with Gasteiger partial charge >= 0.3 is 0 Å². The van der Waals surface area contributed by atoms with E-state index in [0.717, 1.165) is 0 Å². The number of hydrogen-bond donors (Lipinski definition) is 2. The number of fused-ring (bicyclic) bond motifs is 1. The lowest BCUT2D eigenvalue weighted by Crippen LogP contribution is -2.16. The zero-order valence-electron chi connectivity index (χ0n) is 16.6. The van der Waals surface area contributed by atoms with Crippen molar-refractivity contribution in [2.45, 2.75) is 11.8 Å². The fraction of sp³-hybridized carbons (Fsp3) is 0.0909. The van der Waals surface area contributed by atoms with Crippen LogP contribution in [-0.2, 0) is 10.0 Å². The van der Waals surface area contributed by atoms with E-state index in [4.69, 9.17) is 15.7 Å². The number of anilines is 2. The van der Waals surface area contributed by atoms with Gasteiger partial charge in [0, 0.05) is 10.8 Å². The van der Waals surface area contributed by atoms with Crippen molar-refractivity contribution in [3.8, 4) is 17.5 Å². The van der Waals surface area contributed by atoms with Crippen molar-refractivity contribution in [2.24, 2.45) is 0 Å². The fourth-order valence-corrected chi connectivity index (χ4v) is 4.63. The smallest absolute Gasteiger partial charge is 0.262 e. The molecule has 0 unspecified atom stereocenters. The predicted octanol–water partition coefficient (Wildman–Crippen LogP) is 3.68. The van der Waals surface area contributed by atoms with Crippen molar-refractivity contribution in [3.05, 3.63) is 72.4 Å². The SMILES string of the molecule is CCOc1ccc(S(=O)(=O)Nc2ccccc2-n2ncc(C#N)c2N)c2ccccc12. The lowest BCUT2D eigenvalue weighted by Gasteiger charge is -2.16. The Bertz CT molecular complexity index is 1420. The number of nitrogens with zero attached hydrogens (tertiary/aromatic N) is 3. The Morgan fingerprint density at radius 2 is 1.81 bits per heavy atom. The van der Waals surface area contributed by atoms with Gasteiger partial charge in [0.15, 0.2) is 0 Å². The summed E-state index contributed by atoms with van der Waals surface area (Å²) in [6, 6.07) is 19.0. The van der Waals surface area contributed by atoms with E-state index in [0.29, 0.717) is 28.8 Å². The molecular weight excluding hydrogens is 414 g/mol. The molecule has 0 spiro atoms. The molecule has 0 saturated heterocycles. The van der Waals surface area contributed by atoms with Crippen LogP contribution in [0.5, 0.6) is 5.75 Å². The molecule has 31 heavy (non-hydrogen) atoms. The summed E-state index contributed by atoms with van der Waals surface area (Å²) in [7, 11) is -3.97. The molecule has 9 heteroatoms. The molecule has 0 radical (unpaired) electrons. The Balaban J connectivity index is 1.81. The molecule has 0 bridgehead atoms. The molecule has 0 atom stereocenters. The minimum absolute atomic E-state index is 0.118. The van der Waals surface area contributed by atoms with Crippen molar-refractivity contribution in [1.82, 2.24) is 9.78 Å². The largest absolute Gasteiger partial charge is 0.493 e. The lowest BCUT2D eigenvalue weighted by molar-refractivity contribution is 0.344. The topological polar surface area (TPSA) is 123 Å². The molecule has 4 rings (SSSR count). The zero-order chi connectivity index (χ0) is 22.0. The first-order valence-electron chi connectivity index (χ1n) is 9.46. The number of ether oxygens (including phenoxy) is 1. The Kier molecular flexibility index (Phi) is 5.23. The van der Waals surface area contributed by atoms with Crippen LogP contribution in [0.25, 0.3) is 16.5 Å². The van der Waals surface area contributed by atoms with E-state index in [1.807, 2.05) is 25.1 Å². The minimum Gasteiger partial charge on any atom is -0.493 e. The maximum Gasteiger partial charge on any atom is 0.262 e. The van der Waals surface area contributed by atoms with Gasteiger partial charge in [-0.25, -0.2) is 13.1 Å². The van der Waals surface area contributed by atoms with Gasteiger partial charge in [-0.3, -0.25) is 4.72 Å². The van der Waals surface area contributed by atoms with Gasteiger partial charge in [-0.15, -0.1) is 0 Å². The fourth-order valence-electron chi connectivity index (χ4n) is 3.34. The van der Waals surface area contributed by atoms with Crippen molar-refractivity contribution in [3.63, 3.8) is 0 Å². The van der Waals surface area contributed by atoms with E-state index < -0.39 is 10.0 Å². The van der Waals surface area contributed by atoms with Crippen LogP contribution < -0.4 is 15.2 Å². The Morgan fingerprint density at radius 3 is 2.52 bits per heavy atom. The van der Waals surface area contributed by atoms with Crippen molar-refractivity contribution in [1.29, 1.82) is 5.26 Å². The standard InChI is InChI=1S/C22H19N5O3S/c1-2-30-20-11-12-21(17-8-4-3-7-16(17)20)31(28,29)26-18-9-5-6-10-19(18)27-22(24)15(13-23)14-25-27/h3-12,14,26H,2,24H2,1H3. The van der Waals surface area contributed by atoms with Crippen LogP contribution in [0.2, 0.25) is 0 Å². The molecule has 156 valence electrons. The van der Waals surface area contributed by atoms with Crippen LogP contribution in [0.1, 0.15) is 12.5 Å². The molecular formula is C22H19N5O3S. The van der Waals surface area contributed by atoms with Crippen LogP contribution in [-0.4, -0.2) is 24.8 Å². The second kappa shape index (κ2) is 8.01. The molecule has 0 amide bonds. The van der Waals surface area contributed by atoms with Crippen molar-refractivity contribution in [2.75, 3.05) is 17.1 Å². The van der Waals surface area contributed by atoms with Crippen molar-refractivity contribution < 1.29 is 13.2 Å². The number of nitrogens with one attached hydrogen (secondary N) is 1. The molecule has 0 aliphatic rings. The average Bonchev–Trinajstić information content (AvgIpc) is 3.14. The van der Waals surface area contributed by atoms with Crippen molar-refractivity contribution >= 4 is 32.3 Å². The zero-order valence-corrected chi connectivity index (χ0v) is 17.4. The molecule has 1 heterocycles. The number of nitriles is 1. The van der Waals surface area contributed by atoms with E-state index in [1.54, 1.807) is 42.5 Å². The van der Waals surface area contributed by atoms with E-state index >= 15 is 0 Å². The first-order valence-corrected chi connectivity index (χ1v) is 10.9. The van der Waals surface area contributed by atoms with Gasteiger partial charge in [0.05, 0.1) is 29.1 Å². The molecule has 3 N–H and O–H groups in total. The Hall–Kier alpha value is -4.03. The van der Waals surface area contributed by atoms with Crippen LogP contribution in [0.4, 0.5) is 11.5 Å². The Labute approximate surface area is 179 Å². The average molecular weight is 433 g/mol. The quantitative estimate of drug-likeness (QED) is 0.478. The molecule has 0 aliphatic heterocycles. The van der Waals surface area contributed by atoms with Gasteiger partial charge in [-0.1, -0.05) is 36.4 Å². The predicted molar refractivity (Wildman–Crippen MR) is 119 cm³/mol. The van der Waals surface area contributed by atoms with Gasteiger partial charge in [-0.05, 0) is 31.2 Å². The first-order chi connectivity index (χ1) is 15.0. The summed E-state index contributed by atoms with van der Waals surface area (Å²) in [6.07, 6.45) is 1.33. The number of hydrogen-bond acceptors (Lipinski definition) is 6. The maximum absolute atomic E-state index is 13.3. The van der Waals surface area contributed by atoms with E-state index in [2.05, 4.69) is 9.82 Å². The van der Waals surface area contributed by atoms with E-state index in [-0.39, 0.29) is 22.0 Å². The summed E-state index contributed by atoms with van der Waals surface area (Å²) in [5.74, 6) is 0.742. The number of nitrogen functional groups attached to an aromatic ring is 1. The number of nitrogens with two attached hydrogens (primary N) is 1. The number of sulfonamides is 1. The number of para-hydroxylation sites is 2. The van der Waals surface area contributed by atoms with Gasteiger partial charge in [0.2, 0.25) is 0 Å². The van der Waals surface area contributed by atoms with Crippen LogP contribution >= 0.6 is 0 Å². The van der Waals surface area contributed by atoms with Gasteiger partial charge in [0.1, 0.15) is 23.2 Å². The normalized spacial score (nSPS) is 11.2. The van der Waals surface area contributed by atoms with Crippen LogP contribution in [0.3, 0.4) is 0 Å². The third-order valence-corrected chi connectivity index (χ3v) is 6.16. The molecule has 0 fully saturated rings. The summed E-state index contributed by atoms with van der Waals surface area (Å²) >= 11 is 0. The molecule has 0 saturated carbocycles. The second-order valence-electron chi connectivity index (χ2n) is 6.63. The maximum atomic E-state index is 13.3. The summed E-state index contributed by atoms with van der Waals surface area (Å²) < 4.78 is 36.3. The summed E-state index contributed by atoms with van der Waals surface area (Å²) in [5.41, 5.74) is 6.88. The lowest BCUT2D eigenvalue weighted by atomic mass is 10.1. The number of rotatable bonds is 6. The monoisotopic (exact) mass is 433 g/mol. The number of aromatic nitrogens is 2. The number of benzene rings is 3. The highest BCUT2D eigenvalue weighted by Gasteiger charge is 2.21. The van der Waals surface area contributed by atoms with Crippen LogP contribution in [0, 0.1) is 11.3 Å². The minimum atomic E-state index is -3.97. The summed E-state index contributed by atoms with van der Waals surface area (Å²) in [6.45, 7) is 2.34.